The van der Waals surface area contributed by atoms with Crippen LogP contribution >= 0.6 is 0 Å². The Hall–Kier alpha value is -5.29. The van der Waals surface area contributed by atoms with Gasteiger partial charge in [-0.1, -0.05) is 97.1 Å². The summed E-state index contributed by atoms with van der Waals surface area (Å²) in [6.45, 7) is 0. The van der Waals surface area contributed by atoms with Crippen LogP contribution in [0.25, 0.3) is 0 Å². The molecule has 3 aliphatic carbocycles. The van der Waals surface area contributed by atoms with Crippen LogP contribution in [0.2, 0.25) is 0 Å². The minimum atomic E-state index is -0.547. The van der Waals surface area contributed by atoms with Gasteiger partial charge in [0.1, 0.15) is 5.75 Å². The molecule has 43 heavy (non-hydrogen) atoms. The number of imide groups is 1. The molecule has 0 saturated carbocycles. The van der Waals surface area contributed by atoms with Crippen LogP contribution < -0.4 is 9.64 Å². The summed E-state index contributed by atoms with van der Waals surface area (Å²) in [7, 11) is 0. The number of esters is 1. The van der Waals surface area contributed by atoms with E-state index in [1.807, 2.05) is 54.6 Å². The van der Waals surface area contributed by atoms with Gasteiger partial charge < -0.3 is 4.74 Å². The molecule has 5 aromatic carbocycles. The Morgan fingerprint density at radius 3 is 1.65 bits per heavy atom. The number of nitrogens with zero attached hydrogens (tertiary/aromatic N) is 1. The van der Waals surface area contributed by atoms with Crippen molar-refractivity contribution in [3.63, 3.8) is 0 Å². The van der Waals surface area contributed by atoms with Gasteiger partial charge in [-0.15, -0.1) is 0 Å². The summed E-state index contributed by atoms with van der Waals surface area (Å²) in [5, 5.41) is 0. The molecule has 5 heteroatoms. The minimum absolute atomic E-state index is 0.179. The predicted octanol–water partition coefficient (Wildman–Crippen LogP) is 6.89. The maximum atomic E-state index is 14.1. The molecule has 5 aromatic rings. The maximum Gasteiger partial charge on any atom is 0.343 e. The quantitative estimate of drug-likeness (QED) is 0.133. The number of benzene rings is 5. The van der Waals surface area contributed by atoms with Crippen LogP contribution in [0, 0.1) is 11.8 Å². The Labute approximate surface area is 249 Å². The molecule has 0 spiro atoms. The molecule has 2 amide bonds. The van der Waals surface area contributed by atoms with Gasteiger partial charge in [0, 0.05) is 11.8 Å². The highest BCUT2D eigenvalue weighted by atomic mass is 16.5. The lowest BCUT2D eigenvalue weighted by Crippen LogP contribution is -2.41. The van der Waals surface area contributed by atoms with E-state index in [0.29, 0.717) is 11.4 Å². The van der Waals surface area contributed by atoms with E-state index in [1.54, 1.807) is 36.4 Å². The third-order valence-corrected chi connectivity index (χ3v) is 9.17. The monoisotopic (exact) mass is 561 g/mol. The van der Waals surface area contributed by atoms with Gasteiger partial charge in [0.15, 0.2) is 0 Å². The molecular weight excluding hydrogens is 534 g/mol. The number of rotatable bonds is 5. The molecule has 1 fully saturated rings. The summed E-state index contributed by atoms with van der Waals surface area (Å²) in [5.41, 5.74) is 7.49. The summed E-state index contributed by atoms with van der Waals surface area (Å²) < 4.78 is 5.67. The molecule has 2 bridgehead atoms. The van der Waals surface area contributed by atoms with Crippen LogP contribution in [0.4, 0.5) is 5.69 Å². The van der Waals surface area contributed by atoms with E-state index in [1.165, 1.54) is 10.5 Å². The van der Waals surface area contributed by atoms with Crippen molar-refractivity contribution >= 4 is 23.5 Å². The molecule has 208 valence electrons. The van der Waals surface area contributed by atoms with E-state index < -0.39 is 17.8 Å². The third-order valence-electron chi connectivity index (χ3n) is 9.17. The number of carbonyl (C=O) groups excluding carboxylic acids is 3. The molecule has 2 atom stereocenters. The fourth-order valence-corrected chi connectivity index (χ4v) is 7.38. The topological polar surface area (TPSA) is 63.7 Å². The molecular formula is C38H27NO4. The second kappa shape index (κ2) is 9.92. The summed E-state index contributed by atoms with van der Waals surface area (Å²) in [6, 6.07) is 40.6. The Morgan fingerprint density at radius 1 is 0.581 bits per heavy atom. The highest BCUT2D eigenvalue weighted by molar-refractivity contribution is 6.23. The van der Waals surface area contributed by atoms with Crippen LogP contribution in [-0.4, -0.2) is 17.8 Å². The van der Waals surface area contributed by atoms with E-state index >= 15 is 0 Å². The van der Waals surface area contributed by atoms with Crippen LogP contribution in [0.15, 0.2) is 127 Å². The third kappa shape index (κ3) is 4.03. The smallest absolute Gasteiger partial charge is 0.343 e. The van der Waals surface area contributed by atoms with Crippen LogP contribution in [0.5, 0.6) is 5.75 Å². The standard InChI is InChI=1S/C38H27NO4/c40-36-34-32-28-13-4-5-14-29(28)33(31-16-7-6-15-30(31)32)35(34)37(41)39(36)26-12-8-11-25(22-26)38(42)43-27-19-17-24(18-20-27)21-23-9-2-1-3-10-23/h1-20,22,32-35H,21H2. The van der Waals surface area contributed by atoms with Crippen molar-refractivity contribution < 1.29 is 19.1 Å². The fourth-order valence-electron chi connectivity index (χ4n) is 7.38. The summed E-state index contributed by atoms with van der Waals surface area (Å²) in [5.74, 6) is -1.86. The number of ether oxygens (including phenoxy) is 1. The van der Waals surface area contributed by atoms with Crippen molar-refractivity contribution in [2.45, 2.75) is 18.3 Å². The molecule has 4 aliphatic rings. The van der Waals surface area contributed by atoms with E-state index in [0.717, 1.165) is 34.2 Å². The number of hydrogen-bond acceptors (Lipinski definition) is 4. The second-order valence-electron chi connectivity index (χ2n) is 11.5. The Bertz CT molecular complexity index is 1800. The van der Waals surface area contributed by atoms with Crippen LogP contribution in [-0.2, 0) is 16.0 Å². The van der Waals surface area contributed by atoms with Gasteiger partial charge in [0.05, 0.1) is 23.1 Å². The Morgan fingerprint density at radius 2 is 1.09 bits per heavy atom. The van der Waals surface area contributed by atoms with Crippen molar-refractivity contribution in [3.8, 4) is 5.75 Å². The summed E-state index contributed by atoms with van der Waals surface area (Å²) in [6.07, 6.45) is 0.787. The second-order valence-corrected chi connectivity index (χ2v) is 11.5. The minimum Gasteiger partial charge on any atom is -0.423 e. The van der Waals surface area contributed by atoms with Crippen LogP contribution in [0.3, 0.4) is 0 Å². The molecule has 2 unspecified atom stereocenters. The van der Waals surface area contributed by atoms with E-state index in [9.17, 15) is 14.4 Å². The summed E-state index contributed by atoms with van der Waals surface area (Å²) in [4.78, 5) is 42.6. The van der Waals surface area contributed by atoms with Gasteiger partial charge in [-0.25, -0.2) is 9.69 Å². The molecule has 0 aromatic heterocycles. The number of anilines is 1. The molecule has 1 aliphatic heterocycles. The first-order valence-electron chi connectivity index (χ1n) is 14.6. The van der Waals surface area contributed by atoms with E-state index in [2.05, 4.69) is 36.4 Å². The molecule has 1 saturated heterocycles. The molecule has 5 nitrogen and oxygen atoms in total. The number of carbonyl (C=O) groups is 3. The van der Waals surface area contributed by atoms with Crippen molar-refractivity contribution in [1.29, 1.82) is 0 Å². The van der Waals surface area contributed by atoms with Crippen molar-refractivity contribution in [2.75, 3.05) is 4.90 Å². The SMILES string of the molecule is O=C(Oc1ccc(Cc2ccccc2)cc1)c1cccc(N2C(=O)C3C4c5ccccc5C(c5ccccc54)C3C2=O)c1. The normalized spacial score (nSPS) is 21.3. The molecule has 0 radical (unpaired) electrons. The Balaban J connectivity index is 1.06. The number of amides is 2. The molecule has 0 N–H and O–H groups in total. The lowest BCUT2D eigenvalue weighted by Gasteiger charge is -2.45. The lowest BCUT2D eigenvalue weighted by molar-refractivity contribution is -0.122. The van der Waals surface area contributed by atoms with Gasteiger partial charge in [0.25, 0.3) is 0 Å². The van der Waals surface area contributed by atoms with Crippen molar-refractivity contribution in [1.82, 2.24) is 0 Å². The highest BCUT2D eigenvalue weighted by Gasteiger charge is 2.61. The van der Waals surface area contributed by atoms with E-state index in [-0.39, 0.29) is 29.2 Å². The fraction of sp³-hybridized carbons (Fsp3) is 0.132. The van der Waals surface area contributed by atoms with Gasteiger partial charge >= 0.3 is 5.97 Å². The zero-order valence-electron chi connectivity index (χ0n) is 23.2. The van der Waals surface area contributed by atoms with E-state index in [4.69, 9.17) is 4.74 Å². The molecule has 1 heterocycles. The zero-order valence-corrected chi connectivity index (χ0v) is 23.2. The number of hydrogen-bond donors (Lipinski definition) is 0. The van der Waals surface area contributed by atoms with Gasteiger partial charge in [-0.2, -0.15) is 0 Å². The summed E-state index contributed by atoms with van der Waals surface area (Å²) >= 11 is 0. The predicted molar refractivity (Wildman–Crippen MR) is 163 cm³/mol. The lowest BCUT2D eigenvalue weighted by atomic mass is 9.55. The highest BCUT2D eigenvalue weighted by Crippen LogP contribution is 2.61. The first-order chi connectivity index (χ1) is 21.1. The van der Waals surface area contributed by atoms with Crippen molar-refractivity contribution in [3.05, 3.63) is 166 Å². The van der Waals surface area contributed by atoms with Crippen molar-refractivity contribution in [2.24, 2.45) is 11.8 Å². The maximum absolute atomic E-state index is 14.1. The average molecular weight is 562 g/mol. The first kappa shape index (κ1) is 25.4. The average Bonchev–Trinajstić information content (AvgIpc) is 3.32. The van der Waals surface area contributed by atoms with Gasteiger partial charge in [-0.3, -0.25) is 9.59 Å². The van der Waals surface area contributed by atoms with Gasteiger partial charge in [-0.05, 0) is 70.1 Å². The zero-order chi connectivity index (χ0) is 29.1. The Kier molecular flexibility index (Phi) is 5.86. The molecule has 9 rings (SSSR count). The largest absolute Gasteiger partial charge is 0.423 e. The van der Waals surface area contributed by atoms with Gasteiger partial charge in [0.2, 0.25) is 11.8 Å². The van der Waals surface area contributed by atoms with Crippen LogP contribution in [0.1, 0.15) is 55.6 Å². The first-order valence-corrected chi connectivity index (χ1v) is 14.6.